The zero-order valence-corrected chi connectivity index (χ0v) is 11.8. The molecule has 4 nitrogen and oxygen atoms in total. The zero-order chi connectivity index (χ0) is 15.0. The van der Waals surface area contributed by atoms with E-state index in [0.717, 1.165) is 0 Å². The molecule has 3 aromatic rings. The van der Waals surface area contributed by atoms with Crippen molar-refractivity contribution in [3.8, 4) is 5.75 Å². The van der Waals surface area contributed by atoms with Crippen molar-refractivity contribution in [2.24, 2.45) is 0 Å². The van der Waals surface area contributed by atoms with E-state index >= 15 is 0 Å². The lowest BCUT2D eigenvalue weighted by Crippen LogP contribution is -1.96. The number of H-pyrrole nitrogens is 1. The van der Waals surface area contributed by atoms with Crippen molar-refractivity contribution in [3.63, 3.8) is 0 Å². The lowest BCUT2D eigenvalue weighted by molar-refractivity contribution is 0.386. The molecular formula is C15H11ClFNO3. The van der Waals surface area contributed by atoms with Crippen LogP contribution in [0.5, 0.6) is 5.75 Å². The summed E-state index contributed by atoms with van der Waals surface area (Å²) in [5.41, 5.74) is 2.30. The summed E-state index contributed by atoms with van der Waals surface area (Å²) >= 11 is 6.37. The molecular weight excluding hydrogens is 297 g/mol. The third kappa shape index (κ3) is 2.52. The highest BCUT2D eigenvalue weighted by Crippen LogP contribution is 2.32. The third-order valence-electron chi connectivity index (χ3n) is 3.21. The van der Waals surface area contributed by atoms with Gasteiger partial charge < -0.3 is 9.15 Å². The largest absolute Gasteiger partial charge is 0.494 e. The van der Waals surface area contributed by atoms with E-state index in [-0.39, 0.29) is 5.75 Å². The summed E-state index contributed by atoms with van der Waals surface area (Å²) in [5.74, 6) is -0.839. The van der Waals surface area contributed by atoms with Gasteiger partial charge in [0.15, 0.2) is 17.1 Å². The number of methoxy groups -OCH3 is 1. The van der Waals surface area contributed by atoms with Crippen LogP contribution in [0.1, 0.15) is 16.5 Å². The molecule has 0 spiro atoms. The number of hydrogen-bond donors (Lipinski definition) is 1. The van der Waals surface area contributed by atoms with E-state index in [9.17, 15) is 9.18 Å². The second kappa shape index (κ2) is 5.26. The number of fused-ring (bicyclic) bond motifs is 1. The summed E-state index contributed by atoms with van der Waals surface area (Å²) in [5, 5.41) is -0.560. The molecule has 2 aromatic carbocycles. The van der Waals surface area contributed by atoms with E-state index in [2.05, 4.69) is 4.98 Å². The Balaban J connectivity index is 2.00. The summed E-state index contributed by atoms with van der Waals surface area (Å²) in [6.45, 7) is 0. The van der Waals surface area contributed by atoms with Crippen LogP contribution in [-0.4, -0.2) is 12.1 Å². The zero-order valence-electron chi connectivity index (χ0n) is 11.0. The van der Waals surface area contributed by atoms with Gasteiger partial charge in [-0.05, 0) is 35.4 Å². The van der Waals surface area contributed by atoms with Gasteiger partial charge in [0.25, 0.3) is 0 Å². The molecule has 0 bridgehead atoms. The van der Waals surface area contributed by atoms with E-state index in [0.29, 0.717) is 22.2 Å². The number of hydrogen-bond acceptors (Lipinski definition) is 3. The molecule has 21 heavy (non-hydrogen) atoms. The lowest BCUT2D eigenvalue weighted by atomic mass is 10.0. The van der Waals surface area contributed by atoms with E-state index in [4.69, 9.17) is 20.8 Å². The fraction of sp³-hybridized carbons (Fsp3) is 0.133. The molecule has 0 aliphatic rings. The first-order valence-electron chi connectivity index (χ1n) is 6.19. The van der Waals surface area contributed by atoms with E-state index in [1.165, 1.54) is 19.2 Å². The molecule has 1 unspecified atom stereocenters. The lowest BCUT2D eigenvalue weighted by Gasteiger charge is -2.11. The normalized spacial score (nSPS) is 12.5. The Hall–Kier alpha value is -2.27. The standard InChI is InChI=1S/C15H11ClFNO3/c1-20-12-5-3-8(6-10(12)17)14(16)9-2-4-11-13(7-9)21-15(19)18-11/h2-7,14H,1H3,(H,18,19). The number of benzene rings is 2. The molecule has 1 aromatic heterocycles. The second-order valence-corrected chi connectivity index (χ2v) is 4.96. The van der Waals surface area contributed by atoms with Gasteiger partial charge in [0.05, 0.1) is 18.0 Å². The van der Waals surface area contributed by atoms with Gasteiger partial charge in [-0.15, -0.1) is 11.6 Å². The molecule has 6 heteroatoms. The topological polar surface area (TPSA) is 55.2 Å². The van der Waals surface area contributed by atoms with Crippen molar-refractivity contribution >= 4 is 22.7 Å². The van der Waals surface area contributed by atoms with Crippen LogP contribution in [0.2, 0.25) is 0 Å². The van der Waals surface area contributed by atoms with Crippen LogP contribution in [0.4, 0.5) is 4.39 Å². The summed E-state index contributed by atoms with van der Waals surface area (Å²) in [7, 11) is 1.40. The molecule has 1 N–H and O–H groups in total. The van der Waals surface area contributed by atoms with Gasteiger partial charge in [0.1, 0.15) is 0 Å². The van der Waals surface area contributed by atoms with Gasteiger partial charge in [-0.3, -0.25) is 4.98 Å². The van der Waals surface area contributed by atoms with Crippen molar-refractivity contribution < 1.29 is 13.5 Å². The van der Waals surface area contributed by atoms with Crippen molar-refractivity contribution in [1.82, 2.24) is 4.98 Å². The Bertz CT molecular complexity index is 855. The monoisotopic (exact) mass is 307 g/mol. The highest BCUT2D eigenvalue weighted by molar-refractivity contribution is 6.22. The van der Waals surface area contributed by atoms with Crippen molar-refractivity contribution in [2.45, 2.75) is 5.38 Å². The summed E-state index contributed by atoms with van der Waals surface area (Å²) in [6.07, 6.45) is 0. The fourth-order valence-corrected chi connectivity index (χ4v) is 2.42. The molecule has 0 saturated carbocycles. The van der Waals surface area contributed by atoms with Crippen LogP contribution in [0.15, 0.2) is 45.6 Å². The van der Waals surface area contributed by atoms with Gasteiger partial charge in [0, 0.05) is 0 Å². The number of oxazole rings is 1. The number of aromatic nitrogens is 1. The van der Waals surface area contributed by atoms with Crippen LogP contribution in [0.3, 0.4) is 0 Å². The van der Waals surface area contributed by atoms with Gasteiger partial charge in [-0.1, -0.05) is 12.1 Å². The van der Waals surface area contributed by atoms with E-state index in [1.54, 1.807) is 24.3 Å². The number of halogens is 2. The van der Waals surface area contributed by atoms with Gasteiger partial charge >= 0.3 is 5.76 Å². The first-order valence-corrected chi connectivity index (χ1v) is 6.62. The minimum atomic E-state index is -0.560. The number of nitrogens with one attached hydrogen (secondary N) is 1. The van der Waals surface area contributed by atoms with Crippen molar-refractivity contribution in [1.29, 1.82) is 0 Å². The van der Waals surface area contributed by atoms with Crippen LogP contribution in [0, 0.1) is 5.82 Å². The molecule has 0 saturated heterocycles. The fourth-order valence-electron chi connectivity index (χ4n) is 2.15. The highest BCUT2D eigenvalue weighted by Gasteiger charge is 2.15. The van der Waals surface area contributed by atoms with Crippen molar-refractivity contribution in [2.75, 3.05) is 7.11 Å². The number of aromatic amines is 1. The Morgan fingerprint density at radius 2 is 1.95 bits per heavy atom. The maximum Gasteiger partial charge on any atom is 0.417 e. The Kier molecular flexibility index (Phi) is 3.43. The average molecular weight is 308 g/mol. The van der Waals surface area contributed by atoms with Gasteiger partial charge in [-0.2, -0.15) is 0 Å². The van der Waals surface area contributed by atoms with E-state index in [1.807, 2.05) is 0 Å². The Labute approximate surface area is 124 Å². The molecule has 0 fully saturated rings. The third-order valence-corrected chi connectivity index (χ3v) is 3.71. The van der Waals surface area contributed by atoms with E-state index < -0.39 is 17.0 Å². The predicted molar refractivity (Wildman–Crippen MR) is 77.5 cm³/mol. The smallest absolute Gasteiger partial charge is 0.417 e. The van der Waals surface area contributed by atoms with Gasteiger partial charge in [-0.25, -0.2) is 9.18 Å². The number of rotatable bonds is 3. The summed E-state index contributed by atoms with van der Waals surface area (Å²) in [6, 6.07) is 9.66. The SMILES string of the molecule is COc1ccc(C(Cl)c2ccc3[nH]c(=O)oc3c2)cc1F. The molecule has 0 radical (unpaired) electrons. The van der Waals surface area contributed by atoms with Gasteiger partial charge in [0.2, 0.25) is 0 Å². The number of ether oxygens (including phenoxy) is 1. The minimum absolute atomic E-state index is 0.162. The van der Waals surface area contributed by atoms with Crippen LogP contribution < -0.4 is 10.5 Å². The molecule has 1 atom stereocenters. The summed E-state index contributed by atoms with van der Waals surface area (Å²) < 4.78 is 23.6. The first-order chi connectivity index (χ1) is 10.1. The number of alkyl halides is 1. The predicted octanol–water partition coefficient (Wildman–Crippen LogP) is 3.60. The highest BCUT2D eigenvalue weighted by atomic mass is 35.5. The molecule has 1 heterocycles. The maximum atomic E-state index is 13.7. The van der Waals surface area contributed by atoms with Crippen LogP contribution >= 0.6 is 11.6 Å². The molecule has 0 aliphatic carbocycles. The van der Waals surface area contributed by atoms with Crippen LogP contribution in [0.25, 0.3) is 11.1 Å². The average Bonchev–Trinajstić information content (AvgIpc) is 2.85. The Morgan fingerprint density at radius 1 is 1.24 bits per heavy atom. The molecule has 108 valence electrons. The minimum Gasteiger partial charge on any atom is -0.494 e. The summed E-state index contributed by atoms with van der Waals surface area (Å²) in [4.78, 5) is 13.7. The molecule has 3 rings (SSSR count). The van der Waals surface area contributed by atoms with Crippen LogP contribution in [-0.2, 0) is 0 Å². The Morgan fingerprint density at radius 3 is 2.67 bits per heavy atom. The molecule has 0 amide bonds. The first kappa shape index (κ1) is 13.7. The molecule has 0 aliphatic heterocycles. The second-order valence-electron chi connectivity index (χ2n) is 4.53. The van der Waals surface area contributed by atoms with Crippen molar-refractivity contribution in [3.05, 3.63) is 63.9 Å². The quantitative estimate of drug-likeness (QED) is 0.752. The maximum absolute atomic E-state index is 13.7.